The van der Waals surface area contributed by atoms with E-state index >= 15 is 0 Å². The van der Waals surface area contributed by atoms with Crippen molar-refractivity contribution < 1.29 is 19.1 Å². The quantitative estimate of drug-likeness (QED) is 0.499. The molecule has 0 radical (unpaired) electrons. The normalized spacial score (nSPS) is 10.6. The first-order valence-electron chi connectivity index (χ1n) is 8.92. The Morgan fingerprint density at radius 1 is 0.966 bits per heavy atom. The van der Waals surface area contributed by atoms with Crippen molar-refractivity contribution in [1.82, 2.24) is 15.6 Å². The number of ether oxygens (including phenoxy) is 1. The van der Waals surface area contributed by atoms with Crippen LogP contribution in [0.5, 0.6) is 0 Å². The van der Waals surface area contributed by atoms with Crippen molar-refractivity contribution >= 4 is 34.9 Å². The highest BCUT2D eigenvalue weighted by Gasteiger charge is 2.09. The number of nitrogens with zero attached hydrogens (tertiary/aromatic N) is 1. The number of aromatic nitrogens is 1. The molecular weight excluding hydrogens is 370 g/mol. The number of benzene rings is 2. The molecule has 0 aliphatic heterocycles. The lowest BCUT2D eigenvalue weighted by Crippen LogP contribution is -2.41. The van der Waals surface area contributed by atoms with Crippen molar-refractivity contribution in [2.75, 3.05) is 6.61 Å². The minimum Gasteiger partial charge on any atom is -0.452 e. The lowest BCUT2D eigenvalue weighted by atomic mass is 10.1. The Hall–Kier alpha value is -4.00. The molecule has 3 rings (SSSR count). The van der Waals surface area contributed by atoms with Crippen molar-refractivity contribution in [2.24, 2.45) is 0 Å². The van der Waals surface area contributed by atoms with Gasteiger partial charge in [-0.25, -0.2) is 9.59 Å². The van der Waals surface area contributed by atoms with Gasteiger partial charge >= 0.3 is 12.0 Å². The van der Waals surface area contributed by atoms with Gasteiger partial charge in [-0.3, -0.25) is 15.1 Å². The molecule has 7 heteroatoms. The summed E-state index contributed by atoms with van der Waals surface area (Å²) in [7, 11) is 0. The number of esters is 1. The van der Waals surface area contributed by atoms with Crippen LogP contribution in [0, 0.1) is 0 Å². The molecule has 0 fully saturated rings. The molecule has 1 aromatic heterocycles. The zero-order valence-corrected chi connectivity index (χ0v) is 15.5. The van der Waals surface area contributed by atoms with Crippen LogP contribution in [0.1, 0.15) is 11.1 Å². The highest BCUT2D eigenvalue weighted by Crippen LogP contribution is 2.17. The zero-order chi connectivity index (χ0) is 20.5. The fraction of sp³-hybridized carbons (Fsp3) is 0.0909. The number of urea groups is 1. The summed E-state index contributed by atoms with van der Waals surface area (Å²) in [6.45, 7) is -0.280. The molecule has 29 heavy (non-hydrogen) atoms. The minimum absolute atomic E-state index is 0.279. The van der Waals surface area contributed by atoms with E-state index in [1.165, 1.54) is 6.08 Å². The van der Waals surface area contributed by atoms with Gasteiger partial charge in [0, 0.05) is 29.8 Å². The number of carbonyl (C=O) groups excluding carboxylic acids is 3. The molecule has 0 atom stereocenters. The van der Waals surface area contributed by atoms with E-state index in [0.717, 1.165) is 22.0 Å². The maximum Gasteiger partial charge on any atom is 0.331 e. The SMILES string of the molecule is O=C(COC(=O)/C=C/c1cccc2cccnc12)NC(=O)NCc1ccccc1. The molecule has 0 spiro atoms. The van der Waals surface area contributed by atoms with Gasteiger partial charge in [0.15, 0.2) is 6.61 Å². The monoisotopic (exact) mass is 389 g/mol. The number of fused-ring (bicyclic) bond motifs is 1. The number of pyridine rings is 1. The van der Waals surface area contributed by atoms with E-state index in [1.54, 1.807) is 12.3 Å². The zero-order valence-electron chi connectivity index (χ0n) is 15.5. The summed E-state index contributed by atoms with van der Waals surface area (Å²) in [5.41, 5.74) is 2.41. The van der Waals surface area contributed by atoms with Gasteiger partial charge in [0.1, 0.15) is 0 Å². The van der Waals surface area contributed by atoms with Crippen LogP contribution in [-0.2, 0) is 20.9 Å². The topological polar surface area (TPSA) is 97.4 Å². The molecule has 146 valence electrons. The van der Waals surface area contributed by atoms with E-state index in [2.05, 4.69) is 15.6 Å². The predicted molar refractivity (Wildman–Crippen MR) is 109 cm³/mol. The van der Waals surface area contributed by atoms with E-state index in [1.807, 2.05) is 60.7 Å². The second-order valence-corrected chi connectivity index (χ2v) is 6.08. The summed E-state index contributed by atoms with van der Waals surface area (Å²) in [4.78, 5) is 39.6. The molecule has 3 amide bonds. The Balaban J connectivity index is 1.44. The third-order valence-electron chi connectivity index (χ3n) is 3.96. The summed E-state index contributed by atoms with van der Waals surface area (Å²) in [5, 5.41) is 5.60. The number of hydrogen-bond donors (Lipinski definition) is 2. The van der Waals surface area contributed by atoms with Crippen LogP contribution in [0.2, 0.25) is 0 Å². The van der Waals surface area contributed by atoms with Crippen LogP contribution in [0.25, 0.3) is 17.0 Å². The summed E-state index contributed by atoms with van der Waals surface area (Å²) in [6, 6.07) is 18.0. The molecule has 1 heterocycles. The van der Waals surface area contributed by atoms with Crippen LogP contribution < -0.4 is 10.6 Å². The Labute approximate surface area is 167 Å². The van der Waals surface area contributed by atoms with Gasteiger partial charge in [0.25, 0.3) is 5.91 Å². The Morgan fingerprint density at radius 3 is 2.59 bits per heavy atom. The van der Waals surface area contributed by atoms with Crippen LogP contribution in [-0.4, -0.2) is 29.5 Å². The molecule has 0 unspecified atom stereocenters. The summed E-state index contributed by atoms with van der Waals surface area (Å²) in [6.07, 6.45) is 4.46. The van der Waals surface area contributed by atoms with Crippen molar-refractivity contribution in [3.8, 4) is 0 Å². The molecule has 0 aliphatic rings. The van der Waals surface area contributed by atoms with Crippen LogP contribution >= 0.6 is 0 Å². The number of imide groups is 1. The number of carbonyl (C=O) groups is 3. The Morgan fingerprint density at radius 2 is 1.76 bits per heavy atom. The van der Waals surface area contributed by atoms with Gasteiger partial charge in [0.05, 0.1) is 5.52 Å². The van der Waals surface area contributed by atoms with Crippen LogP contribution in [0.15, 0.2) is 72.9 Å². The third kappa shape index (κ3) is 6.00. The second kappa shape index (κ2) is 9.80. The average Bonchev–Trinajstić information content (AvgIpc) is 2.75. The molecule has 3 aromatic rings. The number of hydrogen-bond acceptors (Lipinski definition) is 5. The van der Waals surface area contributed by atoms with Gasteiger partial charge in [-0.1, -0.05) is 54.6 Å². The van der Waals surface area contributed by atoms with Crippen molar-refractivity contribution in [3.63, 3.8) is 0 Å². The van der Waals surface area contributed by atoms with Gasteiger partial charge in [-0.05, 0) is 17.7 Å². The maximum atomic E-state index is 11.8. The largest absolute Gasteiger partial charge is 0.452 e. The van der Waals surface area contributed by atoms with E-state index in [-0.39, 0.29) is 6.54 Å². The average molecular weight is 389 g/mol. The maximum absolute atomic E-state index is 11.8. The van der Waals surface area contributed by atoms with Crippen molar-refractivity contribution in [1.29, 1.82) is 0 Å². The lowest BCUT2D eigenvalue weighted by Gasteiger charge is -2.07. The highest BCUT2D eigenvalue weighted by atomic mass is 16.5. The molecule has 7 nitrogen and oxygen atoms in total. The first-order valence-corrected chi connectivity index (χ1v) is 8.92. The lowest BCUT2D eigenvalue weighted by molar-refractivity contribution is -0.143. The molecule has 0 aliphatic carbocycles. The molecular formula is C22H19N3O4. The predicted octanol–water partition coefficient (Wildman–Crippen LogP) is 2.82. The van der Waals surface area contributed by atoms with E-state index in [4.69, 9.17) is 4.74 Å². The van der Waals surface area contributed by atoms with Gasteiger partial charge in [-0.15, -0.1) is 0 Å². The molecule has 2 N–H and O–H groups in total. The highest BCUT2D eigenvalue weighted by molar-refractivity contribution is 5.97. The number of para-hydroxylation sites is 1. The Kier molecular flexibility index (Phi) is 6.67. The van der Waals surface area contributed by atoms with Crippen molar-refractivity contribution in [3.05, 3.63) is 84.1 Å². The molecule has 0 saturated carbocycles. The van der Waals surface area contributed by atoms with E-state index in [0.29, 0.717) is 0 Å². The van der Waals surface area contributed by atoms with E-state index in [9.17, 15) is 14.4 Å². The fourth-order valence-corrected chi connectivity index (χ4v) is 2.59. The molecule has 0 bridgehead atoms. The minimum atomic E-state index is -0.718. The van der Waals surface area contributed by atoms with Crippen LogP contribution in [0.3, 0.4) is 0 Å². The van der Waals surface area contributed by atoms with E-state index < -0.39 is 24.5 Å². The van der Waals surface area contributed by atoms with Crippen LogP contribution in [0.4, 0.5) is 4.79 Å². The van der Waals surface area contributed by atoms with Crippen molar-refractivity contribution in [2.45, 2.75) is 6.54 Å². The Bertz CT molecular complexity index is 1040. The second-order valence-electron chi connectivity index (χ2n) is 6.08. The number of nitrogens with one attached hydrogen (secondary N) is 2. The first-order chi connectivity index (χ1) is 14.1. The fourth-order valence-electron chi connectivity index (χ4n) is 2.59. The first kappa shape index (κ1) is 19.8. The standard InChI is InChI=1S/C22H19N3O4/c26-19(25-22(28)24-14-16-6-2-1-3-7-16)15-29-20(27)12-11-18-9-4-8-17-10-5-13-23-21(17)18/h1-13H,14-15H2,(H2,24,25,26,28)/b12-11+. The van der Waals surface area contributed by atoms with Gasteiger partial charge < -0.3 is 10.1 Å². The third-order valence-corrected chi connectivity index (χ3v) is 3.96. The summed E-state index contributed by atoms with van der Waals surface area (Å²) >= 11 is 0. The molecule has 2 aromatic carbocycles. The number of rotatable bonds is 6. The number of amides is 3. The molecule has 0 saturated heterocycles. The summed E-state index contributed by atoms with van der Waals surface area (Å²) < 4.78 is 4.86. The van der Waals surface area contributed by atoms with Gasteiger partial charge in [-0.2, -0.15) is 0 Å². The smallest absolute Gasteiger partial charge is 0.331 e. The summed E-state index contributed by atoms with van der Waals surface area (Å²) in [5.74, 6) is -1.41. The van der Waals surface area contributed by atoms with Gasteiger partial charge in [0.2, 0.25) is 0 Å².